The number of phosphoric ester groups is 2. The summed E-state index contributed by atoms with van der Waals surface area (Å²) in [5.74, 6) is 0.110. The molecular weight excluding hydrogens is 462 g/mol. The van der Waals surface area contributed by atoms with Gasteiger partial charge in [-0.3, -0.25) is 9.13 Å². The molecule has 1 spiro atoms. The number of fused-ring (bicyclic) bond motifs is 2. The minimum atomic E-state index is -4.94. The molecule has 0 aromatic carbocycles. The highest BCUT2D eigenvalue weighted by atomic mass is 31.2. The second-order valence-corrected chi connectivity index (χ2v) is 13.6. The minimum Gasteiger partial charge on any atom is -0.756 e. The molecule has 4 unspecified atom stereocenters. The van der Waals surface area contributed by atoms with E-state index in [1.807, 2.05) is 6.92 Å². The molecule has 0 radical (unpaired) electrons. The van der Waals surface area contributed by atoms with Crippen molar-refractivity contribution >= 4 is 15.6 Å². The second kappa shape index (κ2) is 7.82. The molecule has 0 heterocycles. The average molecular weight is 496 g/mol. The molecule has 32 heavy (non-hydrogen) atoms. The first-order valence-corrected chi connectivity index (χ1v) is 14.3. The van der Waals surface area contributed by atoms with E-state index in [-0.39, 0.29) is 29.3 Å². The van der Waals surface area contributed by atoms with Crippen LogP contribution in [0.4, 0.5) is 0 Å². The molecule has 2 bridgehead atoms. The molecule has 4 aliphatic carbocycles. The summed E-state index contributed by atoms with van der Waals surface area (Å²) in [6.45, 7) is 3.28. The fourth-order valence-corrected chi connectivity index (χ4v) is 9.14. The van der Waals surface area contributed by atoms with Crippen LogP contribution in [0.1, 0.15) is 65.2 Å². The van der Waals surface area contributed by atoms with Crippen LogP contribution in [0.3, 0.4) is 0 Å². The Bertz CT molecular complexity index is 842. The highest BCUT2D eigenvalue weighted by molar-refractivity contribution is 7.45. The van der Waals surface area contributed by atoms with Crippen LogP contribution in [0.25, 0.3) is 0 Å². The van der Waals surface area contributed by atoms with E-state index in [9.17, 15) is 29.1 Å². The Labute approximate surface area is 188 Å². The molecule has 0 aliphatic heterocycles. The molecular formula is C20H34O10P2-2. The summed E-state index contributed by atoms with van der Waals surface area (Å²) in [7, 11) is -9.87. The first-order chi connectivity index (χ1) is 14.5. The van der Waals surface area contributed by atoms with Crippen molar-refractivity contribution in [3.63, 3.8) is 0 Å². The molecule has 4 saturated carbocycles. The number of aliphatic hydroxyl groups is 2. The highest BCUT2D eigenvalue weighted by Crippen LogP contribution is 2.75. The Morgan fingerprint density at radius 1 is 0.938 bits per heavy atom. The summed E-state index contributed by atoms with van der Waals surface area (Å²) in [5.41, 5.74) is -2.55. The van der Waals surface area contributed by atoms with Crippen molar-refractivity contribution in [1.29, 1.82) is 0 Å². The van der Waals surface area contributed by atoms with Gasteiger partial charge in [-0.1, -0.05) is 13.8 Å². The van der Waals surface area contributed by atoms with E-state index < -0.39 is 39.4 Å². The molecule has 0 amide bonds. The lowest BCUT2D eigenvalue weighted by atomic mass is 9.39. The van der Waals surface area contributed by atoms with Gasteiger partial charge in [0.25, 0.3) is 15.6 Å². The highest BCUT2D eigenvalue weighted by Gasteiger charge is 2.70. The second-order valence-electron chi connectivity index (χ2n) is 11.2. The third kappa shape index (κ3) is 3.98. The maximum Gasteiger partial charge on any atom is 0.265 e. The monoisotopic (exact) mass is 496 g/mol. The molecule has 4 aliphatic rings. The van der Waals surface area contributed by atoms with Gasteiger partial charge in [-0.2, -0.15) is 0 Å². The van der Waals surface area contributed by atoms with Gasteiger partial charge in [-0.25, -0.2) is 0 Å². The van der Waals surface area contributed by atoms with E-state index in [4.69, 9.17) is 14.3 Å². The standard InChI is InChI=1S/C20H36O10P2/c1-17(11-29-31(23,24)25)15-4-3-13-9-14-10-19(13,18(15,2)6-5-16(17)21)7-8-20(14,22)12-30-32(26,27)28/h13-16,21-22H,3-12H2,1-2H3,(H2,23,24,25)(H2,26,27,28)/p-2/t13?,14-,15+,16-,17+,18+,19?,20+/m1/s1. The van der Waals surface area contributed by atoms with E-state index in [0.29, 0.717) is 31.6 Å². The van der Waals surface area contributed by atoms with Gasteiger partial charge >= 0.3 is 0 Å². The number of rotatable bonds is 6. The van der Waals surface area contributed by atoms with Gasteiger partial charge < -0.3 is 38.8 Å². The van der Waals surface area contributed by atoms with Crippen LogP contribution in [-0.2, 0) is 18.2 Å². The molecule has 4 rings (SSSR count). The van der Waals surface area contributed by atoms with E-state index >= 15 is 0 Å². The van der Waals surface area contributed by atoms with Crippen LogP contribution < -0.4 is 9.79 Å². The first-order valence-electron chi connectivity index (χ1n) is 11.3. The molecule has 4 fully saturated rings. The molecule has 0 saturated heterocycles. The lowest BCUT2D eigenvalue weighted by Gasteiger charge is -2.66. The predicted octanol–water partition coefficient (Wildman–Crippen LogP) is 1.06. The molecule has 0 aromatic rings. The zero-order chi connectivity index (χ0) is 23.8. The summed E-state index contributed by atoms with van der Waals surface area (Å²) >= 11 is 0. The van der Waals surface area contributed by atoms with Crippen molar-refractivity contribution in [2.24, 2.45) is 34.0 Å². The summed E-state index contributed by atoms with van der Waals surface area (Å²) in [6, 6.07) is 0. The van der Waals surface area contributed by atoms with Crippen molar-refractivity contribution in [2.45, 2.75) is 76.9 Å². The van der Waals surface area contributed by atoms with Crippen LogP contribution in [0, 0.1) is 34.0 Å². The SMILES string of the molecule is C[C@@]1(COP(=O)([O-])O)[C@H](O)CC[C@@]2(C)[C@H]1CCC1C[C@@H]3CC12CC[C@]3(O)COP(=O)([O-])O. The van der Waals surface area contributed by atoms with Crippen molar-refractivity contribution in [2.75, 3.05) is 13.2 Å². The largest absolute Gasteiger partial charge is 0.756 e. The average Bonchev–Trinajstić information content (AvgIpc) is 3.02. The van der Waals surface area contributed by atoms with Crippen LogP contribution in [0.5, 0.6) is 0 Å². The first kappa shape index (κ1) is 25.2. The van der Waals surface area contributed by atoms with Crippen molar-refractivity contribution in [3.8, 4) is 0 Å². The summed E-state index contributed by atoms with van der Waals surface area (Å²) in [5, 5.41) is 22.1. The molecule has 10 atom stereocenters. The quantitative estimate of drug-likeness (QED) is 0.388. The van der Waals surface area contributed by atoms with Crippen molar-refractivity contribution in [3.05, 3.63) is 0 Å². The van der Waals surface area contributed by atoms with E-state index in [0.717, 1.165) is 25.7 Å². The van der Waals surface area contributed by atoms with Gasteiger partial charge in [0.2, 0.25) is 0 Å². The Morgan fingerprint density at radius 2 is 1.56 bits per heavy atom. The van der Waals surface area contributed by atoms with Crippen LogP contribution in [-0.4, -0.2) is 44.9 Å². The zero-order valence-corrected chi connectivity index (χ0v) is 20.3. The Kier molecular flexibility index (Phi) is 6.17. The van der Waals surface area contributed by atoms with E-state index in [1.165, 1.54) is 0 Å². The third-order valence-corrected chi connectivity index (χ3v) is 10.9. The number of hydrogen-bond acceptors (Lipinski definition) is 8. The minimum absolute atomic E-state index is 0.0398. The number of hydrogen-bond donors (Lipinski definition) is 4. The Hall–Kier alpha value is 0.140. The fourth-order valence-electron chi connectivity index (χ4n) is 8.31. The molecule has 4 N–H and O–H groups in total. The Morgan fingerprint density at radius 3 is 2.19 bits per heavy atom. The van der Waals surface area contributed by atoms with Gasteiger partial charge in [-0.15, -0.1) is 0 Å². The van der Waals surface area contributed by atoms with Gasteiger partial charge in [0.05, 0.1) is 24.9 Å². The van der Waals surface area contributed by atoms with Gasteiger partial charge in [0.15, 0.2) is 0 Å². The molecule has 0 aromatic heterocycles. The molecule has 12 heteroatoms. The smallest absolute Gasteiger partial charge is 0.265 e. The Balaban J connectivity index is 1.62. The lowest BCUT2D eigenvalue weighted by molar-refractivity contribution is -0.240. The number of aliphatic hydroxyl groups excluding tert-OH is 1. The van der Waals surface area contributed by atoms with Crippen LogP contribution in [0.2, 0.25) is 0 Å². The molecule has 186 valence electrons. The van der Waals surface area contributed by atoms with E-state index in [2.05, 4.69) is 11.4 Å². The van der Waals surface area contributed by atoms with Crippen molar-refractivity contribution < 1.29 is 48.0 Å². The topological polar surface area (TPSA) is 180 Å². The van der Waals surface area contributed by atoms with Crippen LogP contribution >= 0.6 is 15.6 Å². The third-order valence-electron chi connectivity index (χ3n) is 9.95. The normalized spacial score (nSPS) is 51.9. The predicted molar refractivity (Wildman–Crippen MR) is 109 cm³/mol. The van der Waals surface area contributed by atoms with Crippen LogP contribution in [0.15, 0.2) is 0 Å². The summed E-state index contributed by atoms with van der Waals surface area (Å²) < 4.78 is 31.8. The van der Waals surface area contributed by atoms with Crippen molar-refractivity contribution in [1.82, 2.24) is 0 Å². The van der Waals surface area contributed by atoms with Gasteiger partial charge in [-0.05, 0) is 80.0 Å². The maximum absolute atomic E-state index is 11.3. The fraction of sp³-hybridized carbons (Fsp3) is 1.00. The zero-order valence-electron chi connectivity index (χ0n) is 18.5. The lowest BCUT2D eigenvalue weighted by Crippen LogP contribution is -2.63. The number of phosphoric acid groups is 2. The summed E-state index contributed by atoms with van der Waals surface area (Å²) in [4.78, 5) is 40.6. The van der Waals surface area contributed by atoms with Gasteiger partial charge in [0, 0.05) is 5.41 Å². The maximum atomic E-state index is 11.3. The van der Waals surface area contributed by atoms with Gasteiger partial charge in [0.1, 0.15) is 0 Å². The van der Waals surface area contributed by atoms with E-state index in [1.54, 1.807) is 0 Å². The summed E-state index contributed by atoms with van der Waals surface area (Å²) in [6.07, 6.45) is 4.52. The molecule has 10 nitrogen and oxygen atoms in total.